The van der Waals surface area contributed by atoms with Gasteiger partial charge in [-0.15, -0.1) is 4.91 Å². The average Bonchev–Trinajstić information content (AvgIpc) is 2.78. The molecule has 33 heavy (non-hydrogen) atoms. The summed E-state index contributed by atoms with van der Waals surface area (Å²) in [5.74, 6) is -0.196. The summed E-state index contributed by atoms with van der Waals surface area (Å²) in [6.07, 6.45) is 3.73. The minimum absolute atomic E-state index is 0.0427. The fraction of sp³-hybridized carbons (Fsp3) is 0.360. The van der Waals surface area contributed by atoms with E-state index < -0.39 is 11.5 Å². The number of ketones is 1. The summed E-state index contributed by atoms with van der Waals surface area (Å²) in [5.41, 5.74) is 3.04. The van der Waals surface area contributed by atoms with Gasteiger partial charge in [0, 0.05) is 31.2 Å². The second-order valence-corrected chi connectivity index (χ2v) is 9.29. The lowest BCUT2D eigenvalue weighted by Gasteiger charge is -2.36. The number of anilines is 1. The smallest absolute Gasteiger partial charge is 0.163 e. The van der Waals surface area contributed by atoms with Gasteiger partial charge in [-0.1, -0.05) is 17.7 Å². The van der Waals surface area contributed by atoms with E-state index in [4.69, 9.17) is 11.6 Å². The molecule has 1 aliphatic heterocycles. The van der Waals surface area contributed by atoms with E-state index in [1.165, 1.54) is 12.1 Å². The van der Waals surface area contributed by atoms with Gasteiger partial charge < -0.3 is 9.80 Å². The first-order valence-electron chi connectivity index (χ1n) is 10.9. The fourth-order valence-electron chi connectivity index (χ4n) is 4.63. The first-order chi connectivity index (χ1) is 15.8. The van der Waals surface area contributed by atoms with Crippen molar-refractivity contribution >= 4 is 39.7 Å². The van der Waals surface area contributed by atoms with Crippen LogP contribution in [0.15, 0.2) is 41.7 Å². The van der Waals surface area contributed by atoms with Crippen molar-refractivity contribution in [2.75, 3.05) is 38.6 Å². The van der Waals surface area contributed by atoms with E-state index in [2.05, 4.69) is 34.1 Å². The van der Waals surface area contributed by atoms with Crippen molar-refractivity contribution < 1.29 is 9.18 Å². The number of benzene rings is 2. The average molecular weight is 469 g/mol. The molecule has 0 N–H and O–H groups in total. The number of piperidine rings is 1. The third-order valence-corrected chi connectivity index (χ3v) is 6.50. The molecule has 1 aromatic heterocycles. The van der Waals surface area contributed by atoms with Gasteiger partial charge >= 0.3 is 0 Å². The predicted molar refractivity (Wildman–Crippen MR) is 131 cm³/mol. The van der Waals surface area contributed by atoms with Gasteiger partial charge in [0.15, 0.2) is 17.3 Å². The van der Waals surface area contributed by atoms with Crippen LogP contribution < -0.4 is 4.90 Å². The molecule has 2 heterocycles. The predicted octanol–water partition coefficient (Wildman–Crippen LogP) is 6.07. The highest BCUT2D eigenvalue weighted by Gasteiger charge is 2.25. The van der Waals surface area contributed by atoms with Crippen molar-refractivity contribution in [1.29, 1.82) is 0 Å². The summed E-state index contributed by atoms with van der Waals surface area (Å²) in [5, 5.41) is 3.46. The molecule has 3 aromatic rings. The Bertz CT molecular complexity index is 1200. The molecule has 4 rings (SSSR count). The molecular formula is C25H26ClFN4O2. The summed E-state index contributed by atoms with van der Waals surface area (Å²) >= 11 is 6.07. The Morgan fingerprint density at radius 3 is 2.55 bits per heavy atom. The summed E-state index contributed by atoms with van der Waals surface area (Å²) in [4.78, 5) is 32.3. The largest absolute Gasteiger partial charge is 0.370 e. The Kier molecular flexibility index (Phi) is 6.72. The lowest BCUT2D eigenvalue weighted by Crippen LogP contribution is -2.37. The number of carbonyl (C=O) groups excluding carboxylic acids is 1. The number of carbonyl (C=O) groups is 1. The SMILES string of the molecule is CC(=O)c1cnc2ccc(-c3cc(F)c(N=O)c(Cl)c3)cc2c1N1CCC(CN(C)C)CC1. The second kappa shape index (κ2) is 9.53. The van der Waals surface area contributed by atoms with E-state index in [-0.39, 0.29) is 10.8 Å². The summed E-state index contributed by atoms with van der Waals surface area (Å²) in [7, 11) is 4.18. The summed E-state index contributed by atoms with van der Waals surface area (Å²) < 4.78 is 14.3. The van der Waals surface area contributed by atoms with Crippen molar-refractivity contribution in [3.8, 4) is 11.1 Å². The van der Waals surface area contributed by atoms with Crippen LogP contribution in [0.25, 0.3) is 22.0 Å². The number of rotatable bonds is 6. The number of nitrogens with zero attached hydrogens (tertiary/aromatic N) is 4. The van der Waals surface area contributed by atoms with Gasteiger partial charge in [0.25, 0.3) is 0 Å². The minimum Gasteiger partial charge on any atom is -0.370 e. The highest BCUT2D eigenvalue weighted by Crippen LogP contribution is 2.38. The monoisotopic (exact) mass is 468 g/mol. The van der Waals surface area contributed by atoms with Gasteiger partial charge in [-0.3, -0.25) is 9.78 Å². The number of Topliss-reactive ketones (excluding diaryl/α,β-unsaturated/α-hetero) is 1. The number of halogens is 2. The van der Waals surface area contributed by atoms with Crippen molar-refractivity contribution in [2.45, 2.75) is 19.8 Å². The van der Waals surface area contributed by atoms with Gasteiger partial charge in [0.1, 0.15) is 0 Å². The van der Waals surface area contributed by atoms with Gasteiger partial charge in [0.05, 0.1) is 21.8 Å². The second-order valence-electron chi connectivity index (χ2n) is 8.88. The van der Waals surface area contributed by atoms with Crippen LogP contribution in [0.1, 0.15) is 30.1 Å². The Balaban J connectivity index is 1.80. The first kappa shape index (κ1) is 23.3. The molecule has 0 unspecified atom stereocenters. The van der Waals surface area contributed by atoms with Crippen LogP contribution in [0.3, 0.4) is 0 Å². The quantitative estimate of drug-likeness (QED) is 0.324. The Morgan fingerprint density at radius 2 is 1.94 bits per heavy atom. The molecule has 0 radical (unpaired) electrons. The van der Waals surface area contributed by atoms with E-state index in [0.29, 0.717) is 22.6 Å². The van der Waals surface area contributed by atoms with Crippen LogP contribution in [-0.4, -0.2) is 49.4 Å². The van der Waals surface area contributed by atoms with Gasteiger partial charge in [0.2, 0.25) is 0 Å². The number of fused-ring (bicyclic) bond motifs is 1. The van der Waals surface area contributed by atoms with E-state index in [1.54, 1.807) is 13.1 Å². The van der Waals surface area contributed by atoms with Crippen LogP contribution >= 0.6 is 11.6 Å². The van der Waals surface area contributed by atoms with Crippen molar-refractivity contribution in [3.63, 3.8) is 0 Å². The van der Waals surface area contributed by atoms with E-state index in [9.17, 15) is 14.1 Å². The number of pyridine rings is 1. The van der Waals surface area contributed by atoms with E-state index >= 15 is 0 Å². The molecule has 0 saturated carbocycles. The van der Waals surface area contributed by atoms with Crippen molar-refractivity contribution in [2.24, 2.45) is 11.1 Å². The Hall–Kier alpha value is -2.90. The topological polar surface area (TPSA) is 65.9 Å². The molecule has 0 atom stereocenters. The first-order valence-corrected chi connectivity index (χ1v) is 11.3. The molecule has 6 nitrogen and oxygen atoms in total. The molecule has 172 valence electrons. The van der Waals surface area contributed by atoms with Crippen LogP contribution in [0.5, 0.6) is 0 Å². The lowest BCUT2D eigenvalue weighted by molar-refractivity contribution is 0.101. The van der Waals surface area contributed by atoms with E-state index in [1.807, 2.05) is 18.2 Å². The number of hydrogen-bond acceptors (Lipinski definition) is 6. The molecule has 0 bridgehead atoms. The maximum absolute atomic E-state index is 14.3. The molecule has 0 aliphatic carbocycles. The van der Waals surface area contributed by atoms with Gasteiger partial charge in [-0.2, -0.15) is 0 Å². The standard InChI is InChI=1S/C25H26ClFN4O2/c1-15(32)20-13-28-23-5-4-17(18-11-21(26)24(29-33)22(27)12-18)10-19(23)25(20)31-8-6-16(7-9-31)14-30(2)3/h4-5,10-13,16H,6-9,14H2,1-3H3. The van der Waals surface area contributed by atoms with Crippen LogP contribution in [0.4, 0.5) is 15.8 Å². The van der Waals surface area contributed by atoms with Gasteiger partial charge in [-0.25, -0.2) is 4.39 Å². The molecule has 2 aromatic carbocycles. The van der Waals surface area contributed by atoms with Crippen molar-refractivity contribution in [3.05, 3.63) is 57.8 Å². The molecule has 1 aliphatic rings. The summed E-state index contributed by atoms with van der Waals surface area (Å²) in [6.45, 7) is 4.30. The molecule has 1 fully saturated rings. The maximum atomic E-state index is 14.3. The molecule has 8 heteroatoms. The van der Waals surface area contributed by atoms with Crippen LogP contribution in [-0.2, 0) is 0 Å². The fourth-order valence-corrected chi connectivity index (χ4v) is 4.87. The highest BCUT2D eigenvalue weighted by atomic mass is 35.5. The lowest BCUT2D eigenvalue weighted by atomic mass is 9.94. The van der Waals surface area contributed by atoms with Crippen LogP contribution in [0.2, 0.25) is 5.02 Å². The zero-order valence-electron chi connectivity index (χ0n) is 18.9. The van der Waals surface area contributed by atoms with E-state index in [0.717, 1.165) is 49.1 Å². The molecule has 0 spiro atoms. The number of nitroso groups, excluding NO2 is 1. The third-order valence-electron chi connectivity index (χ3n) is 6.21. The van der Waals surface area contributed by atoms with Crippen LogP contribution in [0, 0.1) is 16.6 Å². The third kappa shape index (κ3) is 4.75. The number of hydrogen-bond donors (Lipinski definition) is 0. The number of aromatic nitrogens is 1. The normalized spacial score (nSPS) is 14.8. The minimum atomic E-state index is -0.772. The summed E-state index contributed by atoms with van der Waals surface area (Å²) in [6, 6.07) is 8.37. The molecular weight excluding hydrogens is 443 g/mol. The highest BCUT2D eigenvalue weighted by molar-refractivity contribution is 6.33. The van der Waals surface area contributed by atoms with Crippen molar-refractivity contribution in [1.82, 2.24) is 9.88 Å². The Morgan fingerprint density at radius 1 is 1.21 bits per heavy atom. The molecule has 1 saturated heterocycles. The zero-order chi connectivity index (χ0) is 23.7. The maximum Gasteiger partial charge on any atom is 0.163 e. The molecule has 0 amide bonds. The Labute approximate surface area is 197 Å². The van der Waals surface area contributed by atoms with Gasteiger partial charge in [-0.05, 0) is 80.3 Å². The zero-order valence-corrected chi connectivity index (χ0v) is 19.7.